The molecule has 88 valence electrons. The normalized spacial score (nSPS) is 13.8. The molecule has 3 rings (SSSR count). The van der Waals surface area contributed by atoms with Crippen LogP contribution in [0.4, 0.5) is 5.82 Å². The predicted octanol–water partition coefficient (Wildman–Crippen LogP) is 1.12. The number of hydrogen-bond acceptors (Lipinski definition) is 5. The molecule has 1 aliphatic rings. The van der Waals surface area contributed by atoms with Gasteiger partial charge in [0.25, 0.3) is 0 Å². The van der Waals surface area contributed by atoms with Crippen molar-refractivity contribution in [3.8, 4) is 5.88 Å². The maximum Gasteiger partial charge on any atom is 0.218 e. The molecule has 0 unspecified atom stereocenters. The molecule has 6 nitrogen and oxygen atoms in total. The third kappa shape index (κ3) is 1.82. The molecule has 2 aromatic heterocycles. The lowest BCUT2D eigenvalue weighted by Crippen LogP contribution is -2.16. The zero-order valence-electron chi connectivity index (χ0n) is 9.55. The molecule has 0 fully saturated rings. The van der Waals surface area contributed by atoms with Crippen molar-refractivity contribution in [2.75, 3.05) is 11.5 Å². The number of anilines is 1. The molecule has 1 aliphatic heterocycles. The average Bonchev–Trinajstić information content (AvgIpc) is 2.89. The summed E-state index contributed by atoms with van der Waals surface area (Å²) in [6.45, 7) is 4.18. The number of hydrogen-bond donors (Lipinski definition) is 1. The summed E-state index contributed by atoms with van der Waals surface area (Å²) in [5.41, 5.74) is 2.38. The summed E-state index contributed by atoms with van der Waals surface area (Å²) in [6.07, 6.45) is 3.39. The monoisotopic (exact) mass is 231 g/mol. The second-order valence-electron chi connectivity index (χ2n) is 3.88. The molecule has 0 saturated carbocycles. The van der Waals surface area contributed by atoms with Gasteiger partial charge in [0.05, 0.1) is 25.0 Å². The van der Waals surface area contributed by atoms with Crippen LogP contribution in [0, 0.1) is 0 Å². The van der Waals surface area contributed by atoms with Crippen molar-refractivity contribution in [3.05, 3.63) is 29.8 Å². The van der Waals surface area contributed by atoms with Crippen LogP contribution < -0.4 is 9.64 Å². The Hall–Kier alpha value is -2.11. The highest BCUT2D eigenvalue weighted by atomic mass is 16.5. The van der Waals surface area contributed by atoms with E-state index in [1.807, 2.05) is 19.2 Å². The summed E-state index contributed by atoms with van der Waals surface area (Å²) in [5.74, 6) is 1.50. The molecule has 0 saturated heterocycles. The SMILES string of the molecule is CCOc1cc(N2Cc3cn[nH]c3C2)ncn1. The Bertz CT molecular complexity index is 504. The minimum atomic E-state index is 0.611. The van der Waals surface area contributed by atoms with E-state index >= 15 is 0 Å². The van der Waals surface area contributed by atoms with Gasteiger partial charge in [-0.05, 0) is 6.92 Å². The lowest BCUT2D eigenvalue weighted by molar-refractivity contribution is 0.326. The molecule has 0 atom stereocenters. The van der Waals surface area contributed by atoms with Gasteiger partial charge in [-0.3, -0.25) is 5.10 Å². The van der Waals surface area contributed by atoms with Gasteiger partial charge in [-0.1, -0.05) is 0 Å². The van der Waals surface area contributed by atoms with Crippen molar-refractivity contribution in [3.63, 3.8) is 0 Å². The van der Waals surface area contributed by atoms with Crippen molar-refractivity contribution in [2.45, 2.75) is 20.0 Å². The van der Waals surface area contributed by atoms with Gasteiger partial charge in [-0.2, -0.15) is 5.10 Å². The van der Waals surface area contributed by atoms with E-state index < -0.39 is 0 Å². The second kappa shape index (κ2) is 4.04. The van der Waals surface area contributed by atoms with Gasteiger partial charge in [0.2, 0.25) is 5.88 Å². The summed E-state index contributed by atoms with van der Waals surface area (Å²) in [4.78, 5) is 10.5. The van der Waals surface area contributed by atoms with E-state index in [-0.39, 0.29) is 0 Å². The summed E-state index contributed by atoms with van der Waals surface area (Å²) in [7, 11) is 0. The van der Waals surface area contributed by atoms with Crippen molar-refractivity contribution in [2.24, 2.45) is 0 Å². The van der Waals surface area contributed by atoms with Gasteiger partial charge in [0.1, 0.15) is 12.1 Å². The number of aromatic nitrogens is 4. The third-order valence-corrected chi connectivity index (χ3v) is 2.76. The molecular formula is C11H13N5O. The van der Waals surface area contributed by atoms with Crippen LogP contribution in [0.5, 0.6) is 5.88 Å². The lowest BCUT2D eigenvalue weighted by Gasteiger charge is -2.16. The van der Waals surface area contributed by atoms with Gasteiger partial charge in [-0.25, -0.2) is 9.97 Å². The lowest BCUT2D eigenvalue weighted by atomic mass is 10.3. The van der Waals surface area contributed by atoms with Gasteiger partial charge in [0.15, 0.2) is 0 Å². The number of fused-ring (bicyclic) bond motifs is 1. The predicted molar refractivity (Wildman–Crippen MR) is 61.7 cm³/mol. The standard InChI is InChI=1S/C11H13N5O/c1-2-17-11-3-10(12-7-13-11)16-5-8-4-14-15-9(8)6-16/h3-4,7H,2,5-6H2,1H3,(H,14,15). The average molecular weight is 231 g/mol. The fraction of sp³-hybridized carbons (Fsp3) is 0.364. The maximum absolute atomic E-state index is 5.37. The largest absolute Gasteiger partial charge is 0.478 e. The molecule has 6 heteroatoms. The van der Waals surface area contributed by atoms with Gasteiger partial charge >= 0.3 is 0 Å². The zero-order chi connectivity index (χ0) is 11.7. The van der Waals surface area contributed by atoms with E-state index in [0.29, 0.717) is 12.5 Å². The molecule has 2 aromatic rings. The first-order valence-electron chi connectivity index (χ1n) is 5.57. The number of rotatable bonds is 3. The first-order valence-corrected chi connectivity index (χ1v) is 5.57. The molecule has 0 spiro atoms. The highest BCUT2D eigenvalue weighted by molar-refractivity contribution is 5.45. The number of nitrogens with one attached hydrogen (secondary N) is 1. The fourth-order valence-corrected chi connectivity index (χ4v) is 1.96. The van der Waals surface area contributed by atoms with Crippen LogP contribution in [0.3, 0.4) is 0 Å². The van der Waals surface area contributed by atoms with Crippen molar-refractivity contribution in [1.82, 2.24) is 20.2 Å². The second-order valence-corrected chi connectivity index (χ2v) is 3.88. The molecule has 0 aromatic carbocycles. The number of ether oxygens (including phenoxy) is 1. The first kappa shape index (κ1) is 10.1. The maximum atomic E-state index is 5.37. The van der Waals surface area contributed by atoms with E-state index in [1.165, 1.54) is 11.9 Å². The highest BCUT2D eigenvalue weighted by Gasteiger charge is 2.22. The molecule has 1 N–H and O–H groups in total. The number of H-pyrrole nitrogens is 1. The fourth-order valence-electron chi connectivity index (χ4n) is 1.96. The van der Waals surface area contributed by atoms with Gasteiger partial charge in [0, 0.05) is 18.2 Å². The minimum absolute atomic E-state index is 0.611. The van der Waals surface area contributed by atoms with Crippen LogP contribution in [-0.2, 0) is 13.1 Å². The Morgan fingerprint density at radius 3 is 3.18 bits per heavy atom. The highest BCUT2D eigenvalue weighted by Crippen LogP contribution is 2.26. The topological polar surface area (TPSA) is 66.9 Å². The van der Waals surface area contributed by atoms with Gasteiger partial charge in [-0.15, -0.1) is 0 Å². The van der Waals surface area contributed by atoms with E-state index in [0.717, 1.165) is 24.6 Å². The van der Waals surface area contributed by atoms with Crippen LogP contribution in [0.2, 0.25) is 0 Å². The Morgan fingerprint density at radius 2 is 2.35 bits per heavy atom. The quantitative estimate of drug-likeness (QED) is 0.857. The Labute approximate surface area is 98.7 Å². The first-order chi connectivity index (χ1) is 8.36. The van der Waals surface area contributed by atoms with E-state index in [9.17, 15) is 0 Å². The molecular weight excluding hydrogens is 218 g/mol. The summed E-state index contributed by atoms with van der Waals surface area (Å²) >= 11 is 0. The molecule has 0 radical (unpaired) electrons. The summed E-state index contributed by atoms with van der Waals surface area (Å²) < 4.78 is 5.37. The van der Waals surface area contributed by atoms with Crippen LogP contribution in [0.25, 0.3) is 0 Å². The van der Waals surface area contributed by atoms with E-state index in [1.54, 1.807) is 0 Å². The molecule has 17 heavy (non-hydrogen) atoms. The zero-order valence-corrected chi connectivity index (χ0v) is 9.55. The number of aromatic amines is 1. The Morgan fingerprint density at radius 1 is 1.41 bits per heavy atom. The smallest absolute Gasteiger partial charge is 0.218 e. The van der Waals surface area contributed by atoms with E-state index in [4.69, 9.17) is 4.74 Å². The Kier molecular flexibility index (Phi) is 2.40. The molecule has 0 bridgehead atoms. The third-order valence-electron chi connectivity index (χ3n) is 2.76. The van der Waals surface area contributed by atoms with Crippen LogP contribution in [0.15, 0.2) is 18.6 Å². The molecule has 0 aliphatic carbocycles. The Balaban J connectivity index is 1.81. The van der Waals surface area contributed by atoms with Crippen molar-refractivity contribution in [1.29, 1.82) is 0 Å². The minimum Gasteiger partial charge on any atom is -0.478 e. The van der Waals surface area contributed by atoms with Crippen molar-refractivity contribution >= 4 is 5.82 Å². The molecule has 0 amide bonds. The van der Waals surface area contributed by atoms with Crippen LogP contribution >= 0.6 is 0 Å². The van der Waals surface area contributed by atoms with E-state index in [2.05, 4.69) is 25.1 Å². The number of nitrogens with zero attached hydrogens (tertiary/aromatic N) is 4. The summed E-state index contributed by atoms with van der Waals surface area (Å²) in [6, 6.07) is 1.86. The van der Waals surface area contributed by atoms with Crippen LogP contribution in [0.1, 0.15) is 18.2 Å². The van der Waals surface area contributed by atoms with Gasteiger partial charge < -0.3 is 9.64 Å². The molecule has 3 heterocycles. The van der Waals surface area contributed by atoms with Crippen LogP contribution in [-0.4, -0.2) is 26.8 Å². The summed E-state index contributed by atoms with van der Waals surface area (Å²) in [5, 5.41) is 7.00. The van der Waals surface area contributed by atoms with Crippen molar-refractivity contribution < 1.29 is 4.74 Å².